The summed E-state index contributed by atoms with van der Waals surface area (Å²) in [6.45, 7) is 3.84. The maximum absolute atomic E-state index is 12.0. The molecular weight excluding hydrogens is 290 g/mol. The molecule has 2 amide bonds. The quantitative estimate of drug-likeness (QED) is 0.820. The molecule has 1 aliphatic carbocycles. The van der Waals surface area contributed by atoms with Gasteiger partial charge in [-0.05, 0) is 31.1 Å². The molecule has 21 heavy (non-hydrogen) atoms. The number of hydrogen-bond acceptors (Lipinski definition) is 3. The largest absolute Gasteiger partial charge is 0.338 e. The Balaban J connectivity index is 1.77. The summed E-state index contributed by atoms with van der Waals surface area (Å²) >= 11 is 0. The highest BCUT2D eigenvalue weighted by Crippen LogP contribution is 2.36. The summed E-state index contributed by atoms with van der Waals surface area (Å²) in [6.07, 6.45) is 7.65. The number of urea groups is 1. The lowest BCUT2D eigenvalue weighted by Gasteiger charge is -2.32. The first kappa shape index (κ1) is 16.5. The summed E-state index contributed by atoms with van der Waals surface area (Å²) in [6, 6.07) is -0.270. The number of rotatable bonds is 4. The van der Waals surface area contributed by atoms with Gasteiger partial charge in [-0.3, -0.25) is 0 Å². The third kappa shape index (κ3) is 4.85. The summed E-state index contributed by atoms with van der Waals surface area (Å²) in [7, 11) is -3.17. The number of nitrogens with one attached hydrogen (secondary N) is 2. The van der Waals surface area contributed by atoms with Crippen molar-refractivity contribution in [2.45, 2.75) is 51.5 Å². The molecule has 0 aromatic heterocycles. The van der Waals surface area contributed by atoms with E-state index in [0.29, 0.717) is 19.6 Å². The van der Waals surface area contributed by atoms with Crippen LogP contribution >= 0.6 is 0 Å². The second kappa shape index (κ2) is 6.52. The van der Waals surface area contributed by atoms with E-state index in [-0.39, 0.29) is 17.5 Å². The first-order chi connectivity index (χ1) is 9.78. The molecule has 0 bridgehead atoms. The van der Waals surface area contributed by atoms with Crippen LogP contribution in [0.2, 0.25) is 0 Å². The van der Waals surface area contributed by atoms with Crippen molar-refractivity contribution in [3.63, 3.8) is 0 Å². The number of sulfonamides is 1. The van der Waals surface area contributed by atoms with Gasteiger partial charge < -0.3 is 10.6 Å². The lowest BCUT2D eigenvalue weighted by molar-refractivity contribution is 0.218. The van der Waals surface area contributed by atoms with Gasteiger partial charge in [-0.2, -0.15) is 0 Å². The molecule has 1 saturated carbocycles. The lowest BCUT2D eigenvalue weighted by atomic mass is 9.89. The molecule has 122 valence electrons. The Morgan fingerprint density at radius 1 is 1.29 bits per heavy atom. The van der Waals surface area contributed by atoms with Crippen molar-refractivity contribution < 1.29 is 13.2 Å². The van der Waals surface area contributed by atoms with Gasteiger partial charge in [-0.15, -0.1) is 0 Å². The lowest BCUT2D eigenvalue weighted by Crippen LogP contribution is -2.52. The van der Waals surface area contributed by atoms with Crippen molar-refractivity contribution in [2.24, 2.45) is 5.41 Å². The Hall–Kier alpha value is -0.820. The summed E-state index contributed by atoms with van der Waals surface area (Å²) in [5.74, 6) is 0. The van der Waals surface area contributed by atoms with E-state index in [4.69, 9.17) is 0 Å². The molecule has 7 heteroatoms. The van der Waals surface area contributed by atoms with E-state index in [1.807, 2.05) is 0 Å². The molecule has 1 atom stereocenters. The zero-order valence-corrected chi connectivity index (χ0v) is 13.8. The monoisotopic (exact) mass is 317 g/mol. The second-order valence-corrected chi connectivity index (χ2v) is 8.79. The molecular formula is C14H27N3O3S. The third-order valence-electron chi connectivity index (χ3n) is 4.67. The van der Waals surface area contributed by atoms with Gasteiger partial charge in [0.25, 0.3) is 0 Å². The Labute approximate surface area is 127 Å². The second-order valence-electron chi connectivity index (χ2n) is 6.80. The van der Waals surface area contributed by atoms with E-state index in [9.17, 15) is 13.2 Å². The molecule has 2 aliphatic rings. The Bertz CT molecular complexity index is 472. The molecule has 2 fully saturated rings. The minimum Gasteiger partial charge on any atom is -0.338 e. The highest BCUT2D eigenvalue weighted by Gasteiger charge is 2.30. The maximum Gasteiger partial charge on any atom is 0.315 e. The Morgan fingerprint density at radius 3 is 2.57 bits per heavy atom. The smallest absolute Gasteiger partial charge is 0.315 e. The molecule has 2 rings (SSSR count). The molecule has 1 heterocycles. The number of carbonyl (C=O) groups is 1. The SMILES string of the molecule is CC1(CNC(=O)NC2CCCN(S(C)(=O)=O)C2)CCCC1. The molecule has 1 unspecified atom stereocenters. The van der Waals surface area contributed by atoms with E-state index >= 15 is 0 Å². The van der Waals surface area contributed by atoms with Crippen LogP contribution in [0.3, 0.4) is 0 Å². The fourth-order valence-electron chi connectivity index (χ4n) is 3.30. The fraction of sp³-hybridized carbons (Fsp3) is 0.929. The van der Waals surface area contributed by atoms with Gasteiger partial charge >= 0.3 is 6.03 Å². The normalized spacial score (nSPS) is 26.5. The number of amides is 2. The van der Waals surface area contributed by atoms with Crippen LogP contribution in [0.5, 0.6) is 0 Å². The van der Waals surface area contributed by atoms with E-state index in [2.05, 4.69) is 17.6 Å². The van der Waals surface area contributed by atoms with Gasteiger partial charge in [0, 0.05) is 25.7 Å². The Kier molecular flexibility index (Phi) is 5.14. The number of piperidine rings is 1. The van der Waals surface area contributed by atoms with E-state index in [0.717, 1.165) is 12.8 Å². The van der Waals surface area contributed by atoms with Gasteiger partial charge in [0.15, 0.2) is 0 Å². The van der Waals surface area contributed by atoms with Gasteiger partial charge in [-0.1, -0.05) is 19.8 Å². The molecule has 1 aliphatic heterocycles. The van der Waals surface area contributed by atoms with Crippen LogP contribution in [0.15, 0.2) is 0 Å². The molecule has 1 saturated heterocycles. The minimum atomic E-state index is -3.17. The predicted octanol–water partition coefficient (Wildman–Crippen LogP) is 1.29. The average molecular weight is 317 g/mol. The van der Waals surface area contributed by atoms with Crippen molar-refractivity contribution in [3.8, 4) is 0 Å². The van der Waals surface area contributed by atoms with E-state index in [1.54, 1.807) is 0 Å². The molecule has 0 aromatic carbocycles. The predicted molar refractivity (Wildman–Crippen MR) is 82.5 cm³/mol. The van der Waals surface area contributed by atoms with E-state index < -0.39 is 10.0 Å². The van der Waals surface area contributed by atoms with Crippen LogP contribution < -0.4 is 10.6 Å². The zero-order chi connectivity index (χ0) is 15.5. The zero-order valence-electron chi connectivity index (χ0n) is 13.0. The van der Waals surface area contributed by atoms with E-state index in [1.165, 1.54) is 36.2 Å². The van der Waals surface area contributed by atoms with Crippen molar-refractivity contribution in [2.75, 3.05) is 25.9 Å². The Morgan fingerprint density at radius 2 is 1.95 bits per heavy atom. The maximum atomic E-state index is 12.0. The number of nitrogens with zero attached hydrogens (tertiary/aromatic N) is 1. The van der Waals surface area contributed by atoms with Crippen LogP contribution in [0, 0.1) is 5.41 Å². The standard InChI is InChI=1S/C14H27N3O3S/c1-14(7-3-4-8-14)11-15-13(18)16-12-6-5-9-17(10-12)21(2,19)20/h12H,3-11H2,1-2H3,(H2,15,16,18). The first-order valence-electron chi connectivity index (χ1n) is 7.78. The van der Waals surface area contributed by atoms with Gasteiger partial charge in [0.1, 0.15) is 0 Å². The topological polar surface area (TPSA) is 78.5 Å². The average Bonchev–Trinajstić information content (AvgIpc) is 2.83. The van der Waals surface area contributed by atoms with Crippen molar-refractivity contribution in [1.82, 2.24) is 14.9 Å². The first-order valence-corrected chi connectivity index (χ1v) is 9.63. The highest BCUT2D eigenvalue weighted by atomic mass is 32.2. The van der Waals surface area contributed by atoms with Crippen LogP contribution in [0.4, 0.5) is 4.79 Å². The van der Waals surface area contributed by atoms with Crippen LogP contribution in [0.1, 0.15) is 45.4 Å². The van der Waals surface area contributed by atoms with Gasteiger partial charge in [0.05, 0.1) is 6.26 Å². The van der Waals surface area contributed by atoms with Gasteiger partial charge in [-0.25, -0.2) is 17.5 Å². The van der Waals surface area contributed by atoms with Crippen molar-refractivity contribution in [3.05, 3.63) is 0 Å². The minimum absolute atomic E-state index is 0.0927. The molecule has 0 spiro atoms. The summed E-state index contributed by atoms with van der Waals surface area (Å²) < 4.78 is 24.6. The summed E-state index contributed by atoms with van der Waals surface area (Å²) in [4.78, 5) is 12.0. The number of hydrogen-bond donors (Lipinski definition) is 2. The summed E-state index contributed by atoms with van der Waals surface area (Å²) in [5, 5.41) is 5.85. The summed E-state index contributed by atoms with van der Waals surface area (Å²) in [5.41, 5.74) is 0.225. The molecule has 0 aromatic rings. The van der Waals surface area contributed by atoms with Crippen molar-refractivity contribution >= 4 is 16.1 Å². The van der Waals surface area contributed by atoms with Crippen molar-refractivity contribution in [1.29, 1.82) is 0 Å². The molecule has 6 nitrogen and oxygen atoms in total. The van der Waals surface area contributed by atoms with Crippen LogP contribution in [-0.4, -0.2) is 50.7 Å². The van der Waals surface area contributed by atoms with Crippen LogP contribution in [-0.2, 0) is 10.0 Å². The van der Waals surface area contributed by atoms with Gasteiger partial charge in [0.2, 0.25) is 10.0 Å². The third-order valence-corrected chi connectivity index (χ3v) is 5.94. The fourth-order valence-corrected chi connectivity index (χ4v) is 4.21. The molecule has 0 radical (unpaired) electrons. The van der Waals surface area contributed by atoms with Crippen LogP contribution in [0.25, 0.3) is 0 Å². The molecule has 2 N–H and O–H groups in total. The number of carbonyl (C=O) groups excluding carboxylic acids is 1. The highest BCUT2D eigenvalue weighted by molar-refractivity contribution is 7.88.